The molecule has 0 aliphatic carbocycles. The van der Waals surface area contributed by atoms with E-state index in [1.165, 1.54) is 0 Å². The van der Waals surface area contributed by atoms with E-state index < -0.39 is 12.4 Å². The van der Waals surface area contributed by atoms with Crippen LogP contribution in [0.5, 0.6) is 11.5 Å². The first-order valence-corrected chi connectivity index (χ1v) is 8.07. The van der Waals surface area contributed by atoms with Crippen LogP contribution in [0.3, 0.4) is 0 Å². The number of benzene rings is 2. The second kappa shape index (κ2) is 8.82. The number of rotatable bonds is 7. The molecule has 1 unspecified atom stereocenters. The SMILES string of the molecule is CCOc1cccc(N(CC)C(C)OC(=O)Oc2ccccc2)c1. The van der Waals surface area contributed by atoms with E-state index in [1.807, 2.05) is 56.0 Å². The Morgan fingerprint density at radius 1 is 1.04 bits per heavy atom. The molecular weight excluding hydrogens is 306 g/mol. The Hall–Kier alpha value is -2.69. The molecule has 24 heavy (non-hydrogen) atoms. The Labute approximate surface area is 142 Å². The van der Waals surface area contributed by atoms with E-state index in [2.05, 4.69) is 0 Å². The number of hydrogen-bond donors (Lipinski definition) is 0. The van der Waals surface area contributed by atoms with Crippen LogP contribution < -0.4 is 14.4 Å². The molecule has 0 spiro atoms. The number of carbonyl (C=O) groups is 1. The van der Waals surface area contributed by atoms with Crippen LogP contribution in [0.4, 0.5) is 10.5 Å². The van der Waals surface area contributed by atoms with Crippen molar-refractivity contribution >= 4 is 11.8 Å². The standard InChI is InChI=1S/C19H23NO4/c1-4-20(16-10-9-13-18(14-16)22-5-2)15(3)23-19(21)24-17-11-7-6-8-12-17/h6-15H,4-5H2,1-3H3. The van der Waals surface area contributed by atoms with Gasteiger partial charge in [0, 0.05) is 18.3 Å². The van der Waals surface area contributed by atoms with Crippen LogP contribution in [-0.2, 0) is 4.74 Å². The average Bonchev–Trinajstić information content (AvgIpc) is 2.57. The molecule has 0 amide bonds. The van der Waals surface area contributed by atoms with Crippen molar-refractivity contribution in [2.75, 3.05) is 18.1 Å². The molecule has 0 radical (unpaired) electrons. The summed E-state index contributed by atoms with van der Waals surface area (Å²) in [6.07, 6.45) is -1.20. The summed E-state index contributed by atoms with van der Waals surface area (Å²) in [6, 6.07) is 16.5. The number of ether oxygens (including phenoxy) is 3. The summed E-state index contributed by atoms with van der Waals surface area (Å²) in [6.45, 7) is 7.02. The zero-order valence-electron chi connectivity index (χ0n) is 14.3. The predicted molar refractivity (Wildman–Crippen MR) is 93.6 cm³/mol. The van der Waals surface area contributed by atoms with Crippen molar-refractivity contribution < 1.29 is 19.0 Å². The van der Waals surface area contributed by atoms with Gasteiger partial charge in [-0.05, 0) is 45.0 Å². The number of nitrogens with zero attached hydrogens (tertiary/aromatic N) is 1. The summed E-state index contributed by atoms with van der Waals surface area (Å²) in [5, 5.41) is 0. The monoisotopic (exact) mass is 329 g/mol. The second-order valence-corrected chi connectivity index (χ2v) is 5.10. The molecule has 0 aliphatic rings. The highest BCUT2D eigenvalue weighted by molar-refractivity contribution is 5.64. The summed E-state index contributed by atoms with van der Waals surface area (Å²) < 4.78 is 16.1. The lowest BCUT2D eigenvalue weighted by Gasteiger charge is -2.29. The van der Waals surface area contributed by atoms with Gasteiger partial charge in [0.2, 0.25) is 0 Å². The van der Waals surface area contributed by atoms with Crippen molar-refractivity contribution in [1.82, 2.24) is 0 Å². The summed E-state index contributed by atoms with van der Waals surface area (Å²) in [5.74, 6) is 1.24. The molecule has 2 aromatic rings. The van der Waals surface area contributed by atoms with Crippen molar-refractivity contribution in [3.05, 3.63) is 54.6 Å². The summed E-state index contributed by atoms with van der Waals surface area (Å²) in [7, 11) is 0. The molecule has 0 aliphatic heterocycles. The molecular formula is C19H23NO4. The second-order valence-electron chi connectivity index (χ2n) is 5.10. The molecule has 5 heteroatoms. The van der Waals surface area contributed by atoms with Crippen LogP contribution in [0.2, 0.25) is 0 Å². The fourth-order valence-electron chi connectivity index (χ4n) is 2.38. The third-order valence-corrected chi connectivity index (χ3v) is 3.45. The topological polar surface area (TPSA) is 48.0 Å². The van der Waals surface area contributed by atoms with E-state index in [0.29, 0.717) is 18.9 Å². The van der Waals surface area contributed by atoms with E-state index >= 15 is 0 Å². The highest BCUT2D eigenvalue weighted by Gasteiger charge is 2.19. The maximum Gasteiger partial charge on any atom is 0.515 e. The molecule has 0 bridgehead atoms. The Morgan fingerprint density at radius 2 is 1.75 bits per heavy atom. The van der Waals surface area contributed by atoms with E-state index in [1.54, 1.807) is 24.3 Å². The van der Waals surface area contributed by atoms with Crippen molar-refractivity contribution in [3.63, 3.8) is 0 Å². The zero-order valence-corrected chi connectivity index (χ0v) is 14.3. The van der Waals surface area contributed by atoms with Crippen LogP contribution in [0.15, 0.2) is 54.6 Å². The fraction of sp³-hybridized carbons (Fsp3) is 0.316. The molecule has 5 nitrogen and oxygen atoms in total. The first-order chi connectivity index (χ1) is 11.6. The van der Waals surface area contributed by atoms with Crippen LogP contribution in [0.1, 0.15) is 20.8 Å². The molecule has 0 aromatic heterocycles. The Bertz CT molecular complexity index is 645. The minimum Gasteiger partial charge on any atom is -0.494 e. The van der Waals surface area contributed by atoms with Gasteiger partial charge in [0.15, 0.2) is 6.23 Å². The molecule has 0 fully saturated rings. The summed E-state index contributed by atoms with van der Waals surface area (Å²) in [5.41, 5.74) is 0.920. The molecule has 0 saturated carbocycles. The van der Waals surface area contributed by atoms with Crippen molar-refractivity contribution in [3.8, 4) is 11.5 Å². The quantitative estimate of drug-likeness (QED) is 0.426. The van der Waals surface area contributed by atoms with Crippen molar-refractivity contribution in [2.24, 2.45) is 0 Å². The van der Waals surface area contributed by atoms with Gasteiger partial charge in [-0.2, -0.15) is 0 Å². The van der Waals surface area contributed by atoms with E-state index in [9.17, 15) is 4.79 Å². The van der Waals surface area contributed by atoms with E-state index in [0.717, 1.165) is 11.4 Å². The minimum absolute atomic E-state index is 0.455. The molecule has 2 rings (SSSR count). The summed E-state index contributed by atoms with van der Waals surface area (Å²) >= 11 is 0. The van der Waals surface area contributed by atoms with Crippen LogP contribution in [-0.4, -0.2) is 25.5 Å². The molecule has 128 valence electrons. The molecule has 1 atom stereocenters. The molecule has 0 saturated heterocycles. The largest absolute Gasteiger partial charge is 0.515 e. The third-order valence-electron chi connectivity index (χ3n) is 3.45. The van der Waals surface area contributed by atoms with Crippen molar-refractivity contribution in [2.45, 2.75) is 27.0 Å². The van der Waals surface area contributed by atoms with Gasteiger partial charge in [-0.3, -0.25) is 0 Å². The van der Waals surface area contributed by atoms with Gasteiger partial charge in [0.1, 0.15) is 11.5 Å². The minimum atomic E-state index is -0.729. The molecule has 0 N–H and O–H groups in total. The predicted octanol–water partition coefficient (Wildman–Crippen LogP) is 4.47. The maximum atomic E-state index is 11.9. The Morgan fingerprint density at radius 3 is 2.42 bits per heavy atom. The fourth-order valence-corrected chi connectivity index (χ4v) is 2.38. The average molecular weight is 329 g/mol. The van der Waals surface area contributed by atoms with Crippen LogP contribution in [0.25, 0.3) is 0 Å². The lowest BCUT2D eigenvalue weighted by molar-refractivity contribution is 0.0645. The zero-order chi connectivity index (χ0) is 17.4. The molecule has 2 aromatic carbocycles. The first kappa shape index (κ1) is 17.7. The number of carbonyl (C=O) groups excluding carboxylic acids is 1. The van der Waals surface area contributed by atoms with Crippen LogP contribution in [0, 0.1) is 0 Å². The number of para-hydroxylation sites is 1. The van der Waals surface area contributed by atoms with E-state index in [-0.39, 0.29) is 0 Å². The summed E-state index contributed by atoms with van der Waals surface area (Å²) in [4.78, 5) is 13.9. The van der Waals surface area contributed by atoms with Gasteiger partial charge in [-0.25, -0.2) is 4.79 Å². The van der Waals surface area contributed by atoms with Gasteiger partial charge < -0.3 is 19.1 Å². The maximum absolute atomic E-state index is 11.9. The Kier molecular flexibility index (Phi) is 6.49. The van der Waals surface area contributed by atoms with Gasteiger partial charge in [-0.15, -0.1) is 0 Å². The highest BCUT2D eigenvalue weighted by Crippen LogP contribution is 2.23. The normalized spacial score (nSPS) is 11.5. The van der Waals surface area contributed by atoms with E-state index in [4.69, 9.17) is 14.2 Å². The van der Waals surface area contributed by atoms with Gasteiger partial charge in [0.05, 0.1) is 6.61 Å². The lowest BCUT2D eigenvalue weighted by atomic mass is 10.2. The highest BCUT2D eigenvalue weighted by atomic mass is 16.7. The third kappa shape index (κ3) is 4.91. The Balaban J connectivity index is 2.01. The number of anilines is 1. The van der Waals surface area contributed by atoms with Gasteiger partial charge >= 0.3 is 6.16 Å². The van der Waals surface area contributed by atoms with Crippen LogP contribution >= 0.6 is 0 Å². The van der Waals surface area contributed by atoms with Gasteiger partial charge in [0.25, 0.3) is 0 Å². The first-order valence-electron chi connectivity index (χ1n) is 8.07. The smallest absolute Gasteiger partial charge is 0.494 e. The van der Waals surface area contributed by atoms with Crippen molar-refractivity contribution in [1.29, 1.82) is 0 Å². The van der Waals surface area contributed by atoms with Gasteiger partial charge in [-0.1, -0.05) is 24.3 Å². The number of hydrogen-bond acceptors (Lipinski definition) is 5. The molecule has 0 heterocycles. The lowest BCUT2D eigenvalue weighted by Crippen LogP contribution is -2.37.